The van der Waals surface area contributed by atoms with E-state index in [9.17, 15) is 14.4 Å². The molecule has 0 bridgehead atoms. The van der Waals surface area contributed by atoms with Crippen molar-refractivity contribution in [2.75, 3.05) is 57.2 Å². The molecular formula is C34H36FN5O5S. The lowest BCUT2D eigenvalue weighted by Gasteiger charge is -2.26. The molecule has 0 fully saturated rings. The number of anilines is 2. The minimum Gasteiger partial charge on any atom is -0.453 e. The highest BCUT2D eigenvalue weighted by Crippen LogP contribution is 2.39. The van der Waals surface area contributed by atoms with Crippen molar-refractivity contribution >= 4 is 56.2 Å². The zero-order valence-electron chi connectivity index (χ0n) is 25.8. The number of carbonyl (C=O) groups excluding carboxylic acids is 3. The third kappa shape index (κ3) is 8.33. The summed E-state index contributed by atoms with van der Waals surface area (Å²) >= 11 is 1.51. The zero-order chi connectivity index (χ0) is 32.5. The van der Waals surface area contributed by atoms with Crippen molar-refractivity contribution in [1.29, 1.82) is 0 Å². The van der Waals surface area contributed by atoms with Crippen LogP contribution in [0.4, 0.5) is 15.8 Å². The summed E-state index contributed by atoms with van der Waals surface area (Å²) in [4.78, 5) is 46.4. The first-order valence-electron chi connectivity index (χ1n) is 15.0. The molecule has 0 saturated heterocycles. The molecule has 0 unspecified atom stereocenters. The molecule has 2 N–H and O–H groups in total. The van der Waals surface area contributed by atoms with Crippen LogP contribution in [0.25, 0.3) is 15.8 Å². The van der Waals surface area contributed by atoms with Gasteiger partial charge in [0.2, 0.25) is 17.7 Å². The van der Waals surface area contributed by atoms with Crippen LogP contribution in [-0.2, 0) is 19.1 Å². The van der Waals surface area contributed by atoms with Crippen LogP contribution in [0.1, 0.15) is 24.1 Å². The minimum absolute atomic E-state index is 0.0110. The van der Waals surface area contributed by atoms with Crippen molar-refractivity contribution in [3.05, 3.63) is 83.6 Å². The lowest BCUT2D eigenvalue weighted by atomic mass is 10.1. The number of pyridine rings is 1. The molecule has 10 nitrogen and oxygen atoms in total. The summed E-state index contributed by atoms with van der Waals surface area (Å²) in [5.41, 5.74) is 2.75. The second kappa shape index (κ2) is 15.6. The van der Waals surface area contributed by atoms with Gasteiger partial charge < -0.3 is 29.9 Å². The highest BCUT2D eigenvalue weighted by Gasteiger charge is 2.21. The Labute approximate surface area is 270 Å². The van der Waals surface area contributed by atoms with E-state index in [1.54, 1.807) is 50.7 Å². The molecule has 2 aromatic heterocycles. The van der Waals surface area contributed by atoms with Crippen LogP contribution in [-0.4, -0.2) is 74.5 Å². The highest BCUT2D eigenvalue weighted by atomic mass is 32.1. The summed E-state index contributed by atoms with van der Waals surface area (Å²) < 4.78 is 26.9. The van der Waals surface area contributed by atoms with E-state index < -0.39 is 24.1 Å². The van der Waals surface area contributed by atoms with E-state index in [0.29, 0.717) is 50.6 Å². The number of ether oxygens (including phenoxy) is 2. The lowest BCUT2D eigenvalue weighted by molar-refractivity contribution is -0.130. The maximum absolute atomic E-state index is 15.1. The number of para-hydroxylation sites is 1. The van der Waals surface area contributed by atoms with Crippen molar-refractivity contribution < 1.29 is 28.2 Å². The maximum Gasteiger partial charge on any atom is 0.236 e. The first-order valence-corrected chi connectivity index (χ1v) is 15.8. The van der Waals surface area contributed by atoms with Crippen LogP contribution in [0.15, 0.2) is 72.9 Å². The molecule has 240 valence electrons. The first kappa shape index (κ1) is 32.7. The Morgan fingerprint density at radius 3 is 2.63 bits per heavy atom. The first-order chi connectivity index (χ1) is 22.3. The predicted molar refractivity (Wildman–Crippen MR) is 178 cm³/mol. The van der Waals surface area contributed by atoms with Gasteiger partial charge in [-0.25, -0.2) is 4.39 Å². The van der Waals surface area contributed by atoms with Crippen LogP contribution < -0.4 is 20.3 Å². The quantitative estimate of drug-likeness (QED) is 0.147. The number of methoxy groups -OCH3 is 1. The van der Waals surface area contributed by atoms with Gasteiger partial charge in [0.25, 0.3) is 0 Å². The molecule has 5 rings (SSSR count). The Hall–Kier alpha value is -4.65. The minimum atomic E-state index is -0.666. The van der Waals surface area contributed by atoms with Crippen molar-refractivity contribution in [1.82, 2.24) is 15.2 Å². The molecule has 0 aliphatic carbocycles. The summed E-state index contributed by atoms with van der Waals surface area (Å²) in [6.07, 6.45) is 4.46. The van der Waals surface area contributed by atoms with E-state index in [1.807, 2.05) is 17.0 Å². The van der Waals surface area contributed by atoms with Crippen LogP contribution in [0.3, 0.4) is 0 Å². The summed E-state index contributed by atoms with van der Waals surface area (Å²) in [5.74, 6) is -1.05. The molecule has 0 radical (unpaired) electrons. The van der Waals surface area contributed by atoms with Gasteiger partial charge in [0.15, 0.2) is 11.6 Å². The fourth-order valence-electron chi connectivity index (χ4n) is 4.96. The number of benzene rings is 2. The van der Waals surface area contributed by atoms with Crippen LogP contribution >= 0.6 is 11.3 Å². The number of aromatic nitrogens is 1. The smallest absolute Gasteiger partial charge is 0.236 e. The molecule has 0 saturated carbocycles. The summed E-state index contributed by atoms with van der Waals surface area (Å²) in [6.45, 7) is 3.13. The van der Waals surface area contributed by atoms with Gasteiger partial charge in [-0.05, 0) is 42.3 Å². The number of thiophene rings is 1. The van der Waals surface area contributed by atoms with Crippen molar-refractivity contribution in [3.8, 4) is 11.5 Å². The summed E-state index contributed by atoms with van der Waals surface area (Å²) in [7, 11) is 3.24. The molecule has 2 aromatic carbocycles. The van der Waals surface area contributed by atoms with E-state index in [-0.39, 0.29) is 17.3 Å². The summed E-state index contributed by atoms with van der Waals surface area (Å²) in [5, 5.41) is 5.78. The van der Waals surface area contributed by atoms with Crippen molar-refractivity contribution in [2.24, 2.45) is 0 Å². The van der Waals surface area contributed by atoms with E-state index >= 15 is 4.39 Å². The number of carbonyl (C=O) groups is 3. The number of nitrogens with zero attached hydrogens (tertiary/aromatic N) is 3. The van der Waals surface area contributed by atoms with E-state index in [2.05, 4.69) is 21.7 Å². The van der Waals surface area contributed by atoms with Gasteiger partial charge in [-0.1, -0.05) is 24.3 Å². The molecule has 1 aliphatic heterocycles. The molecule has 46 heavy (non-hydrogen) atoms. The van der Waals surface area contributed by atoms with Gasteiger partial charge in [-0.3, -0.25) is 19.4 Å². The Kier molecular flexibility index (Phi) is 11.1. The van der Waals surface area contributed by atoms with Crippen LogP contribution in [0, 0.1) is 5.82 Å². The Balaban J connectivity index is 1.19. The number of halogens is 1. The predicted octanol–water partition coefficient (Wildman–Crippen LogP) is 5.46. The van der Waals surface area contributed by atoms with Crippen molar-refractivity contribution in [3.63, 3.8) is 0 Å². The SMILES string of the molecule is COCCNCCC(=O)N1CC=C(c2cc3nccc(Oc4ccc(NC(=O)CC(=O)N(C)c5ccccc5)cc4F)c3s2)CC1. The fourth-order valence-corrected chi connectivity index (χ4v) is 6.10. The zero-order valence-corrected chi connectivity index (χ0v) is 26.6. The summed E-state index contributed by atoms with van der Waals surface area (Å²) in [6, 6.07) is 16.8. The van der Waals surface area contributed by atoms with Gasteiger partial charge in [0.1, 0.15) is 12.2 Å². The normalized spacial score (nSPS) is 12.9. The van der Waals surface area contributed by atoms with E-state index in [1.165, 1.54) is 28.4 Å². The average molecular weight is 646 g/mol. The van der Waals surface area contributed by atoms with Gasteiger partial charge in [0.05, 0.1) is 16.8 Å². The van der Waals surface area contributed by atoms with Gasteiger partial charge in [0, 0.05) is 81.3 Å². The molecule has 1 aliphatic rings. The number of fused-ring (bicyclic) bond motifs is 1. The Bertz CT molecular complexity index is 1730. The lowest BCUT2D eigenvalue weighted by Crippen LogP contribution is -2.36. The number of amides is 3. The topological polar surface area (TPSA) is 113 Å². The molecule has 3 amide bonds. The van der Waals surface area contributed by atoms with Gasteiger partial charge in [-0.2, -0.15) is 0 Å². The number of hydrogen-bond acceptors (Lipinski definition) is 8. The van der Waals surface area contributed by atoms with E-state index in [0.717, 1.165) is 33.2 Å². The van der Waals surface area contributed by atoms with Crippen LogP contribution in [0.5, 0.6) is 11.5 Å². The van der Waals surface area contributed by atoms with Crippen molar-refractivity contribution in [2.45, 2.75) is 19.3 Å². The molecule has 0 atom stereocenters. The monoisotopic (exact) mass is 645 g/mol. The Morgan fingerprint density at radius 1 is 1.07 bits per heavy atom. The largest absolute Gasteiger partial charge is 0.453 e. The fraction of sp³-hybridized carbons (Fsp3) is 0.294. The average Bonchev–Trinajstić information content (AvgIpc) is 3.51. The molecular weight excluding hydrogens is 609 g/mol. The second-order valence-corrected chi connectivity index (χ2v) is 11.8. The van der Waals surface area contributed by atoms with Gasteiger partial charge >= 0.3 is 0 Å². The number of hydrogen-bond donors (Lipinski definition) is 2. The third-order valence-electron chi connectivity index (χ3n) is 7.52. The Morgan fingerprint density at radius 2 is 1.89 bits per heavy atom. The second-order valence-electron chi connectivity index (χ2n) is 10.7. The van der Waals surface area contributed by atoms with E-state index in [4.69, 9.17) is 9.47 Å². The standard InChI is InChI=1S/C34H36FN5O5S/c1-39(25-6-4-3-5-7-25)33(43)22-31(41)38-24-8-9-28(26(35)20-24)45-29-10-15-37-27-21-30(46-34(27)29)23-12-17-40(18-13-23)32(42)11-14-36-16-19-44-2/h3-10,12,15,20-21,36H,11,13-14,16-19,22H2,1-2H3,(H,38,41). The molecule has 3 heterocycles. The van der Waals surface area contributed by atoms with Gasteiger partial charge in [-0.15, -0.1) is 11.3 Å². The molecule has 12 heteroatoms. The molecule has 0 spiro atoms. The maximum atomic E-state index is 15.1. The van der Waals surface area contributed by atoms with Crippen LogP contribution in [0.2, 0.25) is 0 Å². The molecule has 4 aromatic rings. The number of nitrogens with one attached hydrogen (secondary N) is 2. The highest BCUT2D eigenvalue weighted by molar-refractivity contribution is 7.20. The third-order valence-corrected chi connectivity index (χ3v) is 8.73. The number of rotatable bonds is 13.